The first-order chi connectivity index (χ1) is 6.08. The Hall–Kier alpha value is -0.610. The highest BCUT2D eigenvalue weighted by molar-refractivity contribution is 5.68. The van der Waals surface area contributed by atoms with E-state index in [1.54, 1.807) is 7.05 Å². The number of rotatable bonds is 3. The van der Waals surface area contributed by atoms with Crippen molar-refractivity contribution in [3.63, 3.8) is 0 Å². The Bertz CT molecular complexity index is 185. The summed E-state index contributed by atoms with van der Waals surface area (Å²) in [6.45, 7) is 2.51. The van der Waals surface area contributed by atoms with Gasteiger partial charge in [0.05, 0.1) is 24.7 Å². The highest BCUT2D eigenvalue weighted by Crippen LogP contribution is 2.25. The van der Waals surface area contributed by atoms with Crippen LogP contribution in [0.1, 0.15) is 26.2 Å². The van der Waals surface area contributed by atoms with Crippen LogP contribution < -0.4 is 5.32 Å². The van der Waals surface area contributed by atoms with E-state index in [1.807, 2.05) is 6.92 Å². The molecule has 0 radical (unpaired) electrons. The summed E-state index contributed by atoms with van der Waals surface area (Å²) in [6.07, 6.45) is 2.19. The molecule has 1 heterocycles. The molecule has 0 aromatic heterocycles. The van der Waals surface area contributed by atoms with Gasteiger partial charge in [0.15, 0.2) is 0 Å². The van der Waals surface area contributed by atoms with Crippen LogP contribution in [0.2, 0.25) is 0 Å². The summed E-state index contributed by atoms with van der Waals surface area (Å²) in [6, 6.07) is 0. The van der Waals surface area contributed by atoms with Crippen LogP contribution in [0, 0.1) is 0 Å². The maximum absolute atomic E-state index is 10.6. The molecule has 1 rings (SSSR count). The third kappa shape index (κ3) is 2.67. The van der Waals surface area contributed by atoms with E-state index in [0.717, 1.165) is 12.8 Å². The van der Waals surface area contributed by atoms with Gasteiger partial charge in [-0.2, -0.15) is 0 Å². The van der Waals surface area contributed by atoms with Gasteiger partial charge in [-0.1, -0.05) is 0 Å². The number of aliphatic carboxylic acids is 1. The van der Waals surface area contributed by atoms with Crippen LogP contribution in [-0.4, -0.2) is 36.4 Å². The lowest BCUT2D eigenvalue weighted by atomic mass is 9.87. The monoisotopic (exact) mass is 187 g/mol. The van der Waals surface area contributed by atoms with Crippen molar-refractivity contribution in [1.29, 1.82) is 0 Å². The van der Waals surface area contributed by atoms with Crippen molar-refractivity contribution in [3.05, 3.63) is 0 Å². The van der Waals surface area contributed by atoms with Gasteiger partial charge >= 0.3 is 5.97 Å². The molecule has 2 unspecified atom stereocenters. The summed E-state index contributed by atoms with van der Waals surface area (Å²) in [5.41, 5.74) is -0.349. The van der Waals surface area contributed by atoms with E-state index in [2.05, 4.69) is 5.32 Å². The summed E-state index contributed by atoms with van der Waals surface area (Å²) in [4.78, 5) is 10.6. The first kappa shape index (κ1) is 10.5. The van der Waals surface area contributed by atoms with E-state index >= 15 is 0 Å². The zero-order valence-electron chi connectivity index (χ0n) is 8.17. The minimum Gasteiger partial charge on any atom is -0.481 e. The van der Waals surface area contributed by atoms with Crippen LogP contribution in [0.15, 0.2) is 0 Å². The molecule has 0 spiro atoms. The molecule has 1 aliphatic heterocycles. The summed E-state index contributed by atoms with van der Waals surface area (Å²) in [5, 5.41) is 11.8. The predicted octanol–water partition coefficient (Wildman–Crippen LogP) is 0.618. The fourth-order valence-electron chi connectivity index (χ4n) is 1.65. The van der Waals surface area contributed by atoms with Gasteiger partial charge in [-0.25, -0.2) is 0 Å². The molecule has 4 heteroatoms. The molecule has 1 fully saturated rings. The summed E-state index contributed by atoms with van der Waals surface area (Å²) < 4.78 is 5.46. The number of likely N-dealkylation sites (N-methyl/N-ethyl adjacent to an activating group) is 1. The molecule has 0 aromatic rings. The molecule has 1 saturated heterocycles. The van der Waals surface area contributed by atoms with Crippen molar-refractivity contribution in [3.8, 4) is 0 Å². The van der Waals surface area contributed by atoms with Gasteiger partial charge in [0.25, 0.3) is 0 Å². The highest BCUT2D eigenvalue weighted by Gasteiger charge is 2.35. The second-order valence-corrected chi connectivity index (χ2v) is 3.76. The van der Waals surface area contributed by atoms with E-state index in [9.17, 15) is 4.79 Å². The molecular weight excluding hydrogens is 170 g/mol. The van der Waals surface area contributed by atoms with Gasteiger partial charge in [-0.3, -0.25) is 4.79 Å². The second-order valence-electron chi connectivity index (χ2n) is 3.76. The minimum atomic E-state index is -0.771. The largest absolute Gasteiger partial charge is 0.481 e. The minimum absolute atomic E-state index is 0.135. The Morgan fingerprint density at radius 1 is 1.77 bits per heavy atom. The average molecular weight is 187 g/mol. The summed E-state index contributed by atoms with van der Waals surface area (Å²) in [7, 11) is 1.79. The maximum Gasteiger partial charge on any atom is 0.305 e. The van der Waals surface area contributed by atoms with Crippen LogP contribution in [-0.2, 0) is 9.53 Å². The Morgan fingerprint density at radius 2 is 2.46 bits per heavy atom. The van der Waals surface area contributed by atoms with Crippen molar-refractivity contribution in [2.45, 2.75) is 37.8 Å². The first-order valence-electron chi connectivity index (χ1n) is 4.60. The van der Waals surface area contributed by atoms with Gasteiger partial charge in [-0.15, -0.1) is 0 Å². The fourth-order valence-corrected chi connectivity index (χ4v) is 1.65. The van der Waals surface area contributed by atoms with E-state index < -0.39 is 5.97 Å². The lowest BCUT2D eigenvalue weighted by molar-refractivity contribution is -0.141. The molecule has 76 valence electrons. The molecule has 0 amide bonds. The van der Waals surface area contributed by atoms with E-state index in [0.29, 0.717) is 6.61 Å². The quantitative estimate of drug-likeness (QED) is 0.680. The molecule has 0 saturated carbocycles. The molecule has 2 N–H and O–H groups in total. The number of hydrogen-bond donors (Lipinski definition) is 2. The Labute approximate surface area is 78.3 Å². The zero-order chi connectivity index (χ0) is 9.90. The number of ether oxygens (including phenoxy) is 1. The van der Waals surface area contributed by atoms with Gasteiger partial charge in [0.1, 0.15) is 0 Å². The summed E-state index contributed by atoms with van der Waals surface area (Å²) in [5.74, 6) is -0.771. The second kappa shape index (κ2) is 4.07. The molecule has 13 heavy (non-hydrogen) atoms. The SMILES string of the molecule is CNC1(CC(=O)O)CCC(C)OC1. The van der Waals surface area contributed by atoms with Crippen LogP contribution in [0.4, 0.5) is 0 Å². The molecule has 4 nitrogen and oxygen atoms in total. The van der Waals surface area contributed by atoms with E-state index in [-0.39, 0.29) is 18.1 Å². The van der Waals surface area contributed by atoms with Crippen LogP contribution >= 0.6 is 0 Å². The maximum atomic E-state index is 10.6. The van der Waals surface area contributed by atoms with Crippen molar-refractivity contribution in [1.82, 2.24) is 5.32 Å². The fraction of sp³-hybridized carbons (Fsp3) is 0.889. The van der Waals surface area contributed by atoms with Crippen molar-refractivity contribution in [2.75, 3.05) is 13.7 Å². The smallest absolute Gasteiger partial charge is 0.305 e. The number of carbonyl (C=O) groups is 1. The molecule has 0 bridgehead atoms. The highest BCUT2D eigenvalue weighted by atomic mass is 16.5. The molecular formula is C9H17NO3. The van der Waals surface area contributed by atoms with E-state index in [4.69, 9.17) is 9.84 Å². The number of carboxylic acid groups (broad SMARTS) is 1. The molecule has 2 atom stereocenters. The summed E-state index contributed by atoms with van der Waals surface area (Å²) >= 11 is 0. The standard InChI is InChI=1S/C9H17NO3/c1-7-3-4-9(10-2,6-13-7)5-8(11)12/h7,10H,3-6H2,1-2H3,(H,11,12). The molecule has 0 aromatic carbocycles. The topological polar surface area (TPSA) is 58.6 Å². The molecule has 0 aliphatic carbocycles. The van der Waals surface area contributed by atoms with Crippen LogP contribution in [0.5, 0.6) is 0 Å². The predicted molar refractivity (Wildman–Crippen MR) is 48.7 cm³/mol. The van der Waals surface area contributed by atoms with E-state index in [1.165, 1.54) is 0 Å². The van der Waals surface area contributed by atoms with Crippen molar-refractivity contribution in [2.24, 2.45) is 0 Å². The van der Waals surface area contributed by atoms with Crippen LogP contribution in [0.3, 0.4) is 0 Å². The van der Waals surface area contributed by atoms with Crippen LogP contribution in [0.25, 0.3) is 0 Å². The molecule has 1 aliphatic rings. The zero-order valence-corrected chi connectivity index (χ0v) is 8.17. The average Bonchev–Trinajstić information content (AvgIpc) is 2.09. The first-order valence-corrected chi connectivity index (χ1v) is 4.60. The Morgan fingerprint density at radius 3 is 2.85 bits per heavy atom. The number of carboxylic acids is 1. The lowest BCUT2D eigenvalue weighted by Crippen LogP contribution is -2.52. The third-order valence-electron chi connectivity index (χ3n) is 2.69. The Balaban J connectivity index is 2.55. The normalized spacial score (nSPS) is 34.5. The Kier molecular flexibility index (Phi) is 3.27. The van der Waals surface area contributed by atoms with Gasteiger partial charge in [-0.05, 0) is 26.8 Å². The lowest BCUT2D eigenvalue weighted by Gasteiger charge is -2.38. The van der Waals surface area contributed by atoms with Crippen molar-refractivity contribution < 1.29 is 14.6 Å². The van der Waals surface area contributed by atoms with Gasteiger partial charge in [0, 0.05) is 0 Å². The third-order valence-corrected chi connectivity index (χ3v) is 2.69. The van der Waals surface area contributed by atoms with Crippen molar-refractivity contribution >= 4 is 5.97 Å². The van der Waals surface area contributed by atoms with Gasteiger partial charge in [0.2, 0.25) is 0 Å². The number of nitrogens with one attached hydrogen (secondary N) is 1. The van der Waals surface area contributed by atoms with Gasteiger partial charge < -0.3 is 15.2 Å². The number of hydrogen-bond acceptors (Lipinski definition) is 3.